The van der Waals surface area contributed by atoms with Gasteiger partial charge >= 0.3 is 5.97 Å². The number of carbonyl (C=O) groups excluding carboxylic acids is 2. The Labute approximate surface area is 227 Å². The maximum absolute atomic E-state index is 13.8. The van der Waals surface area contributed by atoms with Crippen molar-refractivity contribution < 1.29 is 23.8 Å². The van der Waals surface area contributed by atoms with E-state index in [2.05, 4.69) is 4.99 Å². The molecule has 0 fully saturated rings. The normalized spacial score (nSPS) is 15.2. The Balaban J connectivity index is 1.93. The molecule has 0 radical (unpaired) electrons. The molecule has 0 aliphatic carbocycles. The van der Waals surface area contributed by atoms with Crippen molar-refractivity contribution in [2.24, 2.45) is 10.7 Å². The van der Waals surface area contributed by atoms with Crippen LogP contribution in [-0.4, -0.2) is 36.3 Å². The van der Waals surface area contributed by atoms with Gasteiger partial charge in [0.05, 0.1) is 35.1 Å². The molecule has 11 heteroatoms. The van der Waals surface area contributed by atoms with E-state index in [-0.39, 0.29) is 29.6 Å². The number of aromatic nitrogens is 1. The van der Waals surface area contributed by atoms with Gasteiger partial charge < -0.3 is 19.9 Å². The number of benzene rings is 2. The van der Waals surface area contributed by atoms with Gasteiger partial charge in [-0.1, -0.05) is 47.2 Å². The van der Waals surface area contributed by atoms with E-state index in [0.717, 1.165) is 11.3 Å². The predicted octanol–water partition coefficient (Wildman–Crippen LogP) is 2.71. The number of fused-ring (bicyclic) bond motifs is 1. The number of allylic oxidation sites excluding steroid dienone is 1. The highest BCUT2D eigenvalue weighted by molar-refractivity contribution is 7.07. The fraction of sp³-hybridized carbons (Fsp3) is 0.259. The predicted molar refractivity (Wildman–Crippen MR) is 144 cm³/mol. The Hall–Kier alpha value is -3.89. The molecule has 2 heterocycles. The molecule has 0 bridgehead atoms. The first kappa shape index (κ1) is 27.2. The lowest BCUT2D eigenvalue weighted by Crippen LogP contribution is -2.40. The maximum atomic E-state index is 13.8. The zero-order valence-electron chi connectivity index (χ0n) is 21.2. The quantitative estimate of drug-likeness (QED) is 0.426. The monoisotopic (exact) mass is 555 g/mol. The highest BCUT2D eigenvalue weighted by Gasteiger charge is 2.33. The van der Waals surface area contributed by atoms with E-state index in [1.54, 1.807) is 69.3 Å². The zero-order valence-corrected chi connectivity index (χ0v) is 22.8. The molecule has 198 valence electrons. The third-order valence-electron chi connectivity index (χ3n) is 5.64. The fourth-order valence-electron chi connectivity index (χ4n) is 4.07. The second-order valence-corrected chi connectivity index (χ2v) is 10.2. The number of methoxy groups -OCH3 is 1. The van der Waals surface area contributed by atoms with Gasteiger partial charge in [-0.25, -0.2) is 9.79 Å². The van der Waals surface area contributed by atoms with E-state index >= 15 is 0 Å². The topological polar surface area (TPSA) is 122 Å². The van der Waals surface area contributed by atoms with Gasteiger partial charge in [-0.2, -0.15) is 0 Å². The van der Waals surface area contributed by atoms with E-state index < -0.39 is 17.9 Å². The Morgan fingerprint density at radius 2 is 1.92 bits per heavy atom. The molecule has 1 aromatic heterocycles. The first-order chi connectivity index (χ1) is 18.1. The van der Waals surface area contributed by atoms with Gasteiger partial charge in [0.2, 0.25) is 0 Å². The minimum Gasteiger partial charge on any atom is -0.493 e. The second-order valence-electron chi connectivity index (χ2n) is 8.72. The summed E-state index contributed by atoms with van der Waals surface area (Å²) < 4.78 is 18.3. The molecule has 1 amide bonds. The molecule has 9 nitrogen and oxygen atoms in total. The first-order valence-corrected chi connectivity index (χ1v) is 12.9. The molecule has 0 saturated carbocycles. The number of halogens is 1. The Kier molecular flexibility index (Phi) is 8.03. The summed E-state index contributed by atoms with van der Waals surface area (Å²) in [7, 11) is 1.47. The number of nitrogens with zero attached hydrogens (tertiary/aromatic N) is 2. The Morgan fingerprint density at radius 3 is 2.55 bits per heavy atom. The van der Waals surface area contributed by atoms with Gasteiger partial charge in [0.15, 0.2) is 22.9 Å². The standard InChI is InChI=1S/C27H26ClN3O6S/c1-14(2)37-26(34)22-15(3)30-27-31(23(22)16-8-10-18(28)11-9-16)25(33)20(38-27)12-17-6-5-7-19(35-4)24(17)36-13-21(29)32/h5-12,14,23H,13H2,1-4H3,(H2,29,32). The molecule has 1 atom stereocenters. The van der Waals surface area contributed by atoms with Crippen molar-refractivity contribution in [2.45, 2.75) is 32.9 Å². The van der Waals surface area contributed by atoms with E-state index in [1.165, 1.54) is 11.7 Å². The number of nitrogens with two attached hydrogens (primary N) is 1. The van der Waals surface area contributed by atoms with Gasteiger partial charge in [0.25, 0.3) is 11.5 Å². The molecule has 2 N–H and O–H groups in total. The summed E-state index contributed by atoms with van der Waals surface area (Å²) in [6.45, 7) is 4.87. The van der Waals surface area contributed by atoms with Crippen LogP contribution in [0.15, 0.2) is 63.5 Å². The van der Waals surface area contributed by atoms with Crippen molar-refractivity contribution in [1.29, 1.82) is 0 Å². The van der Waals surface area contributed by atoms with Crippen molar-refractivity contribution in [3.8, 4) is 11.5 Å². The number of carbonyl (C=O) groups is 2. The molecule has 1 aliphatic rings. The summed E-state index contributed by atoms with van der Waals surface area (Å²) in [5, 5.41) is 0.523. The van der Waals surface area contributed by atoms with Crippen LogP contribution in [0.25, 0.3) is 6.08 Å². The first-order valence-electron chi connectivity index (χ1n) is 11.7. The van der Waals surface area contributed by atoms with Crippen LogP contribution in [0.1, 0.15) is 37.9 Å². The van der Waals surface area contributed by atoms with Crippen LogP contribution in [0, 0.1) is 0 Å². The molecule has 0 spiro atoms. The summed E-state index contributed by atoms with van der Waals surface area (Å²) >= 11 is 7.28. The zero-order chi connectivity index (χ0) is 27.6. The molecule has 1 unspecified atom stereocenters. The van der Waals surface area contributed by atoms with Crippen molar-refractivity contribution in [3.63, 3.8) is 0 Å². The Bertz CT molecular complexity index is 1600. The lowest BCUT2D eigenvalue weighted by molar-refractivity contribution is -0.143. The van der Waals surface area contributed by atoms with E-state index in [0.29, 0.717) is 36.9 Å². The van der Waals surface area contributed by atoms with E-state index in [1.807, 2.05) is 0 Å². The highest BCUT2D eigenvalue weighted by atomic mass is 35.5. The minimum atomic E-state index is -0.771. The van der Waals surface area contributed by atoms with Crippen LogP contribution in [0.5, 0.6) is 11.5 Å². The molecule has 0 saturated heterocycles. The van der Waals surface area contributed by atoms with E-state index in [4.69, 9.17) is 31.5 Å². The average molecular weight is 556 g/mol. The van der Waals surface area contributed by atoms with Crippen molar-refractivity contribution in [2.75, 3.05) is 13.7 Å². The number of hydrogen-bond donors (Lipinski definition) is 1. The molecule has 3 aromatic rings. The minimum absolute atomic E-state index is 0.270. The molecule has 38 heavy (non-hydrogen) atoms. The highest BCUT2D eigenvalue weighted by Crippen LogP contribution is 2.33. The second kappa shape index (κ2) is 11.2. The number of esters is 1. The lowest BCUT2D eigenvalue weighted by atomic mass is 9.96. The van der Waals surface area contributed by atoms with Crippen molar-refractivity contribution in [3.05, 3.63) is 89.6 Å². The number of rotatable bonds is 8. The average Bonchev–Trinajstić information content (AvgIpc) is 3.16. The van der Waals surface area contributed by atoms with E-state index in [9.17, 15) is 14.4 Å². The van der Waals surface area contributed by atoms with Gasteiger partial charge in [-0.05, 0) is 50.6 Å². The molecule has 4 rings (SSSR count). The third kappa shape index (κ3) is 5.51. The van der Waals surface area contributed by atoms with Crippen LogP contribution in [0.3, 0.4) is 0 Å². The van der Waals surface area contributed by atoms with Gasteiger partial charge in [0, 0.05) is 10.6 Å². The Morgan fingerprint density at radius 1 is 1.21 bits per heavy atom. The summed E-state index contributed by atoms with van der Waals surface area (Å²) in [6, 6.07) is 11.3. The van der Waals surface area contributed by atoms with Gasteiger partial charge in [0.1, 0.15) is 0 Å². The fourth-order valence-corrected chi connectivity index (χ4v) is 5.23. The number of thiazole rings is 1. The summed E-state index contributed by atoms with van der Waals surface area (Å²) in [5.74, 6) is -0.557. The molecular weight excluding hydrogens is 530 g/mol. The van der Waals surface area contributed by atoms with Crippen LogP contribution >= 0.6 is 22.9 Å². The van der Waals surface area contributed by atoms with Crippen molar-refractivity contribution in [1.82, 2.24) is 4.57 Å². The smallest absolute Gasteiger partial charge is 0.338 e. The van der Waals surface area contributed by atoms with Crippen LogP contribution < -0.4 is 30.1 Å². The van der Waals surface area contributed by atoms with Gasteiger partial charge in [-0.3, -0.25) is 14.2 Å². The lowest BCUT2D eigenvalue weighted by Gasteiger charge is -2.25. The number of ether oxygens (including phenoxy) is 3. The summed E-state index contributed by atoms with van der Waals surface area (Å²) in [4.78, 5) is 43.3. The van der Waals surface area contributed by atoms with Crippen LogP contribution in [-0.2, 0) is 14.3 Å². The number of amides is 1. The SMILES string of the molecule is COc1cccc(C=c2sc3n(c2=O)C(c2ccc(Cl)cc2)C(C(=O)OC(C)C)=C(C)N=3)c1OCC(N)=O. The maximum Gasteiger partial charge on any atom is 0.338 e. The van der Waals surface area contributed by atoms with Crippen LogP contribution in [0.4, 0.5) is 0 Å². The largest absolute Gasteiger partial charge is 0.493 e. The molecule has 1 aliphatic heterocycles. The number of para-hydroxylation sites is 1. The number of hydrogen-bond acceptors (Lipinski definition) is 8. The number of primary amides is 1. The third-order valence-corrected chi connectivity index (χ3v) is 6.88. The van der Waals surface area contributed by atoms with Crippen molar-refractivity contribution >= 4 is 40.9 Å². The van der Waals surface area contributed by atoms with Crippen LogP contribution in [0.2, 0.25) is 5.02 Å². The molecule has 2 aromatic carbocycles. The van der Waals surface area contributed by atoms with Gasteiger partial charge in [-0.15, -0.1) is 0 Å². The molecular formula is C27H26ClN3O6S. The summed E-state index contributed by atoms with van der Waals surface area (Å²) in [5.41, 5.74) is 6.81. The summed E-state index contributed by atoms with van der Waals surface area (Å²) in [6.07, 6.45) is 1.28.